The Bertz CT molecular complexity index is 634. The molecule has 1 aromatic heterocycles. The molecule has 1 aromatic carbocycles. The number of nitrogens with zero attached hydrogens (tertiary/aromatic N) is 1. The number of furan rings is 1. The summed E-state index contributed by atoms with van der Waals surface area (Å²) in [6.07, 6.45) is 3.21. The van der Waals surface area contributed by atoms with E-state index in [4.69, 9.17) is 4.42 Å². The molecule has 0 saturated carbocycles. The zero-order valence-electron chi connectivity index (χ0n) is 13.0. The molecular formula is C18H21FN2O2. The highest BCUT2D eigenvalue weighted by molar-refractivity contribution is 5.78. The third kappa shape index (κ3) is 4.20. The third-order valence-electron chi connectivity index (χ3n) is 4.33. The molecule has 1 saturated heterocycles. The number of rotatable bonds is 5. The molecule has 1 aliphatic rings. The Morgan fingerprint density at radius 2 is 2.00 bits per heavy atom. The first kappa shape index (κ1) is 15.7. The van der Waals surface area contributed by atoms with Gasteiger partial charge in [-0.25, -0.2) is 4.39 Å². The van der Waals surface area contributed by atoms with Gasteiger partial charge in [0.2, 0.25) is 5.91 Å². The fourth-order valence-corrected chi connectivity index (χ4v) is 2.95. The van der Waals surface area contributed by atoms with Crippen molar-refractivity contribution in [3.05, 3.63) is 59.8 Å². The Labute approximate surface area is 135 Å². The molecule has 4 nitrogen and oxygen atoms in total. The fourth-order valence-electron chi connectivity index (χ4n) is 2.95. The largest absolute Gasteiger partial charge is 0.467 e. The number of hydrogen-bond acceptors (Lipinski definition) is 3. The highest BCUT2D eigenvalue weighted by Gasteiger charge is 2.25. The summed E-state index contributed by atoms with van der Waals surface area (Å²) in [7, 11) is 0. The van der Waals surface area contributed by atoms with Crippen LogP contribution in [-0.2, 0) is 17.9 Å². The number of carbonyl (C=O) groups excluding carboxylic acids is 1. The maximum absolute atomic E-state index is 13.7. The molecule has 0 bridgehead atoms. The van der Waals surface area contributed by atoms with E-state index < -0.39 is 0 Å². The molecule has 122 valence electrons. The van der Waals surface area contributed by atoms with Crippen LogP contribution in [0.2, 0.25) is 0 Å². The van der Waals surface area contributed by atoms with Crippen LogP contribution in [-0.4, -0.2) is 23.9 Å². The number of amides is 1. The number of halogens is 1. The molecule has 1 aliphatic heterocycles. The molecule has 5 heteroatoms. The Morgan fingerprint density at radius 1 is 1.22 bits per heavy atom. The van der Waals surface area contributed by atoms with E-state index in [0.717, 1.165) is 31.7 Å². The predicted molar refractivity (Wildman–Crippen MR) is 85.0 cm³/mol. The molecule has 0 unspecified atom stereocenters. The van der Waals surface area contributed by atoms with Gasteiger partial charge >= 0.3 is 0 Å². The SMILES string of the molecule is O=C(NCc1ccco1)C1CCN(Cc2ccccc2F)CC1. The van der Waals surface area contributed by atoms with Gasteiger partial charge in [0.05, 0.1) is 12.8 Å². The monoisotopic (exact) mass is 316 g/mol. The van der Waals surface area contributed by atoms with Gasteiger partial charge in [0.15, 0.2) is 0 Å². The maximum atomic E-state index is 13.7. The fraction of sp³-hybridized carbons (Fsp3) is 0.389. The van der Waals surface area contributed by atoms with E-state index in [1.54, 1.807) is 12.3 Å². The van der Waals surface area contributed by atoms with Gasteiger partial charge in [-0.2, -0.15) is 0 Å². The van der Waals surface area contributed by atoms with Gasteiger partial charge in [-0.1, -0.05) is 18.2 Å². The van der Waals surface area contributed by atoms with Gasteiger partial charge < -0.3 is 9.73 Å². The molecule has 0 aliphatic carbocycles. The van der Waals surface area contributed by atoms with Crippen molar-refractivity contribution in [3.63, 3.8) is 0 Å². The first-order chi connectivity index (χ1) is 11.2. The molecule has 1 fully saturated rings. The number of hydrogen-bond donors (Lipinski definition) is 1. The standard InChI is InChI=1S/C18H21FN2O2/c19-17-6-2-1-4-15(17)13-21-9-7-14(8-10-21)18(22)20-12-16-5-3-11-23-16/h1-6,11,14H,7-10,12-13H2,(H,20,22). The quantitative estimate of drug-likeness (QED) is 0.922. The minimum atomic E-state index is -0.161. The Hall–Kier alpha value is -2.14. The second kappa shape index (κ2) is 7.42. The molecule has 0 radical (unpaired) electrons. The van der Waals surface area contributed by atoms with E-state index in [1.807, 2.05) is 24.3 Å². The lowest BCUT2D eigenvalue weighted by atomic mass is 9.95. The van der Waals surface area contributed by atoms with Crippen LogP contribution < -0.4 is 5.32 Å². The lowest BCUT2D eigenvalue weighted by molar-refractivity contribution is -0.126. The zero-order chi connectivity index (χ0) is 16.1. The first-order valence-electron chi connectivity index (χ1n) is 7.98. The van der Waals surface area contributed by atoms with Crippen LogP contribution in [0.15, 0.2) is 47.1 Å². The number of benzene rings is 1. The van der Waals surface area contributed by atoms with Crippen molar-refractivity contribution in [1.82, 2.24) is 10.2 Å². The number of likely N-dealkylation sites (tertiary alicyclic amines) is 1. The normalized spacial score (nSPS) is 16.4. The van der Waals surface area contributed by atoms with Crippen molar-refractivity contribution in [2.45, 2.75) is 25.9 Å². The zero-order valence-corrected chi connectivity index (χ0v) is 13.0. The highest BCUT2D eigenvalue weighted by atomic mass is 19.1. The number of carbonyl (C=O) groups is 1. The van der Waals surface area contributed by atoms with E-state index in [-0.39, 0.29) is 17.6 Å². The van der Waals surface area contributed by atoms with Gasteiger partial charge in [0.1, 0.15) is 11.6 Å². The van der Waals surface area contributed by atoms with Crippen molar-refractivity contribution in [3.8, 4) is 0 Å². The molecule has 0 atom stereocenters. The summed E-state index contributed by atoms with van der Waals surface area (Å²) in [5, 5.41) is 2.92. The van der Waals surface area contributed by atoms with Crippen LogP contribution in [0.1, 0.15) is 24.2 Å². The van der Waals surface area contributed by atoms with Crippen LogP contribution in [0.3, 0.4) is 0 Å². The maximum Gasteiger partial charge on any atom is 0.223 e. The Morgan fingerprint density at radius 3 is 2.70 bits per heavy atom. The minimum Gasteiger partial charge on any atom is -0.467 e. The summed E-state index contributed by atoms with van der Waals surface area (Å²) in [5.74, 6) is 0.704. The molecule has 23 heavy (non-hydrogen) atoms. The van der Waals surface area contributed by atoms with Crippen molar-refractivity contribution < 1.29 is 13.6 Å². The minimum absolute atomic E-state index is 0.0295. The van der Waals surface area contributed by atoms with E-state index in [1.165, 1.54) is 6.07 Å². The van der Waals surface area contributed by atoms with Crippen LogP contribution in [0, 0.1) is 11.7 Å². The molecule has 2 heterocycles. The molecule has 1 N–H and O–H groups in total. The third-order valence-corrected chi connectivity index (χ3v) is 4.33. The smallest absolute Gasteiger partial charge is 0.223 e. The Balaban J connectivity index is 1.44. The second-order valence-electron chi connectivity index (χ2n) is 5.94. The van der Waals surface area contributed by atoms with Gasteiger partial charge in [0.25, 0.3) is 0 Å². The number of piperidine rings is 1. The van der Waals surface area contributed by atoms with Crippen molar-refractivity contribution in [1.29, 1.82) is 0 Å². The Kier molecular flexibility index (Phi) is 5.08. The summed E-state index contributed by atoms with van der Waals surface area (Å²) in [5.41, 5.74) is 0.716. The average Bonchev–Trinajstić information content (AvgIpc) is 3.09. The molecule has 1 amide bonds. The second-order valence-corrected chi connectivity index (χ2v) is 5.94. The van der Waals surface area contributed by atoms with Crippen molar-refractivity contribution in [2.24, 2.45) is 5.92 Å². The molecular weight excluding hydrogens is 295 g/mol. The van der Waals surface area contributed by atoms with E-state index in [2.05, 4.69) is 10.2 Å². The van der Waals surface area contributed by atoms with Gasteiger partial charge in [-0.3, -0.25) is 9.69 Å². The molecule has 3 rings (SSSR count). The summed E-state index contributed by atoms with van der Waals surface area (Å²) in [6, 6.07) is 10.5. The highest BCUT2D eigenvalue weighted by Crippen LogP contribution is 2.20. The average molecular weight is 316 g/mol. The lowest BCUT2D eigenvalue weighted by Crippen LogP contribution is -2.40. The van der Waals surface area contributed by atoms with Gasteiger partial charge in [-0.15, -0.1) is 0 Å². The van der Waals surface area contributed by atoms with E-state index in [9.17, 15) is 9.18 Å². The molecule has 0 spiro atoms. The van der Waals surface area contributed by atoms with Crippen LogP contribution in [0.4, 0.5) is 4.39 Å². The topological polar surface area (TPSA) is 45.5 Å². The first-order valence-corrected chi connectivity index (χ1v) is 7.98. The lowest BCUT2D eigenvalue weighted by Gasteiger charge is -2.31. The summed E-state index contributed by atoms with van der Waals surface area (Å²) >= 11 is 0. The van der Waals surface area contributed by atoms with Crippen molar-refractivity contribution in [2.75, 3.05) is 13.1 Å². The van der Waals surface area contributed by atoms with Gasteiger partial charge in [0, 0.05) is 18.0 Å². The number of nitrogens with one attached hydrogen (secondary N) is 1. The predicted octanol–water partition coefficient (Wildman–Crippen LogP) is 2.95. The van der Waals surface area contributed by atoms with E-state index >= 15 is 0 Å². The summed E-state index contributed by atoms with van der Waals surface area (Å²) < 4.78 is 18.9. The summed E-state index contributed by atoms with van der Waals surface area (Å²) in [4.78, 5) is 14.4. The van der Waals surface area contributed by atoms with E-state index in [0.29, 0.717) is 18.7 Å². The molecule has 2 aromatic rings. The van der Waals surface area contributed by atoms with Gasteiger partial charge in [-0.05, 0) is 44.1 Å². The van der Waals surface area contributed by atoms with Crippen molar-refractivity contribution >= 4 is 5.91 Å². The summed E-state index contributed by atoms with van der Waals surface area (Å²) in [6.45, 7) is 2.66. The van der Waals surface area contributed by atoms with Crippen LogP contribution >= 0.6 is 0 Å². The van der Waals surface area contributed by atoms with Crippen LogP contribution in [0.5, 0.6) is 0 Å². The van der Waals surface area contributed by atoms with Crippen LogP contribution in [0.25, 0.3) is 0 Å².